The number of hydrogen-bond donors (Lipinski definition) is 2. The normalized spacial score (nSPS) is 13.5. The lowest BCUT2D eigenvalue weighted by Crippen LogP contribution is -2.30. The first-order valence-electron chi connectivity index (χ1n) is 27.2. The van der Waals surface area contributed by atoms with E-state index in [-0.39, 0.29) is 19.3 Å². The summed E-state index contributed by atoms with van der Waals surface area (Å²) in [7, 11) is 0. The third-order valence-electron chi connectivity index (χ3n) is 13.1. The van der Waals surface area contributed by atoms with Crippen molar-refractivity contribution in [2.45, 2.75) is 322 Å². The van der Waals surface area contributed by atoms with Crippen LogP contribution in [0.5, 0.6) is 0 Å². The molecule has 0 fully saturated rings. The van der Waals surface area contributed by atoms with Crippen LogP contribution in [0.2, 0.25) is 0 Å². The topological polar surface area (TPSA) is 49.7 Å². The molecule has 3 unspecified atom stereocenters. The van der Waals surface area contributed by atoms with Crippen LogP contribution < -0.4 is 0 Å². The van der Waals surface area contributed by atoms with E-state index in [4.69, 9.17) is 4.74 Å². The van der Waals surface area contributed by atoms with Gasteiger partial charge in [0.2, 0.25) is 0 Å². The van der Waals surface area contributed by atoms with Crippen LogP contribution in [0.1, 0.15) is 310 Å². The minimum atomic E-state index is -0.758. The van der Waals surface area contributed by atoms with Gasteiger partial charge in [0.25, 0.3) is 0 Å². The van der Waals surface area contributed by atoms with Crippen molar-refractivity contribution >= 4 is 0 Å². The number of allylic oxidation sites excluding steroid dienone is 2. The maximum Gasteiger partial charge on any atom is 0.100 e. The van der Waals surface area contributed by atoms with Crippen molar-refractivity contribution in [3.8, 4) is 0 Å². The largest absolute Gasteiger partial charge is 0.394 e. The molecule has 0 aromatic carbocycles. The van der Waals surface area contributed by atoms with Crippen molar-refractivity contribution in [3.05, 3.63) is 12.2 Å². The van der Waals surface area contributed by atoms with Gasteiger partial charge in [-0.2, -0.15) is 0 Å². The van der Waals surface area contributed by atoms with E-state index in [9.17, 15) is 10.2 Å². The highest BCUT2D eigenvalue weighted by Gasteiger charge is 2.23. The van der Waals surface area contributed by atoms with Gasteiger partial charge in [-0.25, -0.2) is 0 Å². The molecule has 3 atom stereocenters. The van der Waals surface area contributed by atoms with Crippen LogP contribution in [0.3, 0.4) is 0 Å². The van der Waals surface area contributed by atoms with E-state index < -0.39 is 6.10 Å². The first-order valence-corrected chi connectivity index (χ1v) is 27.2. The van der Waals surface area contributed by atoms with E-state index in [0.717, 1.165) is 6.42 Å². The van der Waals surface area contributed by atoms with Crippen molar-refractivity contribution in [2.75, 3.05) is 13.2 Å². The van der Waals surface area contributed by atoms with Gasteiger partial charge < -0.3 is 14.9 Å². The molecule has 58 heavy (non-hydrogen) atoms. The van der Waals surface area contributed by atoms with Crippen LogP contribution in [0, 0.1) is 5.92 Å². The van der Waals surface area contributed by atoms with E-state index in [1.165, 1.54) is 283 Å². The molecule has 0 saturated carbocycles. The highest BCUT2D eigenvalue weighted by molar-refractivity contribution is 4.81. The Bertz CT molecular complexity index is 751. The molecule has 3 heteroatoms. The van der Waals surface area contributed by atoms with Gasteiger partial charge >= 0.3 is 0 Å². The smallest absolute Gasteiger partial charge is 0.100 e. The zero-order valence-corrected chi connectivity index (χ0v) is 40.4. The molecule has 0 aromatic heterocycles. The molecule has 0 spiro atoms. The van der Waals surface area contributed by atoms with E-state index >= 15 is 0 Å². The molecule has 348 valence electrons. The second-order valence-electron chi connectivity index (χ2n) is 19.0. The third-order valence-corrected chi connectivity index (χ3v) is 13.1. The average molecular weight is 819 g/mol. The molecule has 2 N–H and O–H groups in total. The van der Waals surface area contributed by atoms with Crippen LogP contribution in [0.4, 0.5) is 0 Å². The lowest BCUT2D eigenvalue weighted by Gasteiger charge is -2.29. The van der Waals surface area contributed by atoms with E-state index in [0.29, 0.717) is 5.92 Å². The van der Waals surface area contributed by atoms with Gasteiger partial charge in [0.1, 0.15) is 6.10 Å². The van der Waals surface area contributed by atoms with Crippen LogP contribution >= 0.6 is 0 Å². The summed E-state index contributed by atoms with van der Waals surface area (Å²) in [5, 5.41) is 19.8. The van der Waals surface area contributed by atoms with Gasteiger partial charge in [-0.3, -0.25) is 0 Å². The number of ether oxygens (including phenoxy) is 1. The summed E-state index contributed by atoms with van der Waals surface area (Å²) in [4.78, 5) is 0. The summed E-state index contributed by atoms with van der Waals surface area (Å²) in [5.74, 6) is 0.585. The van der Waals surface area contributed by atoms with Crippen molar-refractivity contribution in [1.82, 2.24) is 0 Å². The van der Waals surface area contributed by atoms with Gasteiger partial charge in [0, 0.05) is 0 Å². The minimum absolute atomic E-state index is 0.204. The summed E-state index contributed by atoms with van der Waals surface area (Å²) in [5.41, 5.74) is 0. The Morgan fingerprint density at radius 1 is 0.345 bits per heavy atom. The molecule has 0 amide bonds. The van der Waals surface area contributed by atoms with Crippen LogP contribution in [0.15, 0.2) is 12.2 Å². The number of rotatable bonds is 51. The second-order valence-corrected chi connectivity index (χ2v) is 19.0. The molecule has 0 aliphatic carbocycles. The zero-order chi connectivity index (χ0) is 42.1. The fourth-order valence-electron chi connectivity index (χ4n) is 9.05. The second kappa shape index (κ2) is 51.0. The van der Waals surface area contributed by atoms with Gasteiger partial charge in [-0.1, -0.05) is 277 Å². The van der Waals surface area contributed by atoms with Crippen LogP contribution in [-0.4, -0.2) is 35.6 Å². The lowest BCUT2D eigenvalue weighted by atomic mass is 9.87. The summed E-state index contributed by atoms with van der Waals surface area (Å²) in [6.07, 6.45) is 66.1. The Balaban J connectivity index is 4.61. The maximum atomic E-state index is 10.2. The summed E-state index contributed by atoms with van der Waals surface area (Å²) in [6, 6.07) is 0. The van der Waals surface area contributed by atoms with Crippen LogP contribution in [-0.2, 0) is 4.74 Å². The quantitative estimate of drug-likeness (QED) is 0.0475. The zero-order valence-electron chi connectivity index (χ0n) is 40.4. The molecule has 0 bridgehead atoms. The fourth-order valence-corrected chi connectivity index (χ4v) is 9.05. The Morgan fingerprint density at radius 3 is 0.897 bits per heavy atom. The highest BCUT2D eigenvalue weighted by Crippen LogP contribution is 2.28. The SMILES string of the molecule is CCCCCCCCC=CCCCCCCCCC(CCCCCCCCCCCCCCCCC)C(CCCCCCCCCCCCCCC)OCC(O)CO. The molecule has 0 saturated heterocycles. The van der Waals surface area contributed by atoms with Crippen molar-refractivity contribution in [2.24, 2.45) is 5.92 Å². The highest BCUT2D eigenvalue weighted by atomic mass is 16.5. The summed E-state index contributed by atoms with van der Waals surface area (Å²) < 4.78 is 6.50. The maximum absolute atomic E-state index is 10.2. The number of unbranched alkanes of at least 4 members (excludes halogenated alkanes) is 38. The Hall–Kier alpha value is -0.380. The first-order chi connectivity index (χ1) is 28.7. The Morgan fingerprint density at radius 2 is 0.603 bits per heavy atom. The first kappa shape index (κ1) is 57.6. The van der Waals surface area contributed by atoms with Gasteiger partial charge in [-0.05, 0) is 50.9 Å². The van der Waals surface area contributed by atoms with Gasteiger partial charge in [-0.15, -0.1) is 0 Å². The molecule has 3 nitrogen and oxygen atoms in total. The van der Waals surface area contributed by atoms with Gasteiger partial charge in [0.15, 0.2) is 0 Å². The van der Waals surface area contributed by atoms with Crippen molar-refractivity contribution < 1.29 is 14.9 Å². The molecule has 0 heterocycles. The number of hydrogen-bond acceptors (Lipinski definition) is 3. The van der Waals surface area contributed by atoms with E-state index in [1.807, 2.05) is 0 Å². The Labute approximate surface area is 366 Å². The Kier molecular flexibility index (Phi) is 50.6. The summed E-state index contributed by atoms with van der Waals surface area (Å²) >= 11 is 0. The molecular weight excluding hydrogens is 709 g/mol. The molecule has 0 rings (SSSR count). The molecule has 0 aliphatic heterocycles. The van der Waals surface area contributed by atoms with Crippen LogP contribution in [0.25, 0.3) is 0 Å². The van der Waals surface area contributed by atoms with Gasteiger partial charge in [0.05, 0.1) is 19.3 Å². The van der Waals surface area contributed by atoms with Crippen molar-refractivity contribution in [1.29, 1.82) is 0 Å². The predicted octanol–water partition coefficient (Wildman–Crippen LogP) is 18.5. The molecule has 0 aromatic rings. The van der Waals surface area contributed by atoms with E-state index in [1.54, 1.807) is 0 Å². The molecule has 0 aliphatic rings. The minimum Gasteiger partial charge on any atom is -0.394 e. The fraction of sp³-hybridized carbons (Fsp3) is 0.964. The lowest BCUT2D eigenvalue weighted by molar-refractivity contribution is -0.0561. The standard InChI is InChI=1S/C55H110O3/c1-4-7-10-13-16-19-22-25-27-29-32-34-37-40-43-46-49-53(48-45-42-39-36-33-31-28-26-23-20-17-14-11-8-5-2)55(58-52-54(57)51-56)50-47-44-41-38-35-30-24-21-18-15-12-9-6-3/h25,27,53-57H,4-24,26,28-52H2,1-3H3. The molecular formula is C55H110O3. The number of aliphatic hydroxyl groups is 2. The third kappa shape index (κ3) is 45.2. The average Bonchev–Trinajstić information content (AvgIpc) is 3.23. The molecule has 0 radical (unpaired) electrons. The summed E-state index contributed by atoms with van der Waals surface area (Å²) in [6.45, 7) is 6.98. The number of aliphatic hydroxyl groups excluding tert-OH is 2. The predicted molar refractivity (Wildman–Crippen MR) is 260 cm³/mol. The van der Waals surface area contributed by atoms with E-state index in [2.05, 4.69) is 32.9 Å². The van der Waals surface area contributed by atoms with Crippen molar-refractivity contribution in [3.63, 3.8) is 0 Å². The monoisotopic (exact) mass is 819 g/mol.